The molecular formula is C22H24N4O2. The van der Waals surface area contributed by atoms with Gasteiger partial charge in [0, 0.05) is 44.1 Å². The number of nitrogens with zero attached hydrogens (tertiary/aromatic N) is 3. The van der Waals surface area contributed by atoms with Crippen LogP contribution < -0.4 is 10.1 Å². The van der Waals surface area contributed by atoms with E-state index < -0.39 is 0 Å². The molecule has 3 aromatic rings. The Balaban J connectivity index is 1.26. The molecule has 28 heavy (non-hydrogen) atoms. The first-order valence-electron chi connectivity index (χ1n) is 9.83. The number of benzene rings is 1. The van der Waals surface area contributed by atoms with Crippen LogP contribution in [0, 0.1) is 18.8 Å². The molecule has 2 saturated heterocycles. The van der Waals surface area contributed by atoms with Gasteiger partial charge in [0.05, 0.1) is 5.69 Å². The molecule has 0 bridgehead atoms. The lowest BCUT2D eigenvalue weighted by Crippen LogP contribution is -2.31. The lowest BCUT2D eigenvalue weighted by molar-refractivity contribution is 0.0781. The zero-order chi connectivity index (χ0) is 19.1. The highest BCUT2D eigenvalue weighted by molar-refractivity contribution is 5.94. The predicted molar refractivity (Wildman–Crippen MR) is 106 cm³/mol. The van der Waals surface area contributed by atoms with Crippen molar-refractivity contribution in [3.05, 3.63) is 65.6 Å². The van der Waals surface area contributed by atoms with Crippen LogP contribution in [-0.2, 0) is 6.61 Å². The van der Waals surface area contributed by atoms with Gasteiger partial charge in [-0.25, -0.2) is 4.98 Å². The fraction of sp³-hybridized carbons (Fsp3) is 0.364. The molecule has 6 nitrogen and oxygen atoms in total. The van der Waals surface area contributed by atoms with Crippen LogP contribution in [0.5, 0.6) is 5.75 Å². The van der Waals surface area contributed by atoms with Crippen LogP contribution in [0.3, 0.4) is 0 Å². The quantitative estimate of drug-likeness (QED) is 0.760. The van der Waals surface area contributed by atoms with Gasteiger partial charge in [-0.1, -0.05) is 12.1 Å². The van der Waals surface area contributed by atoms with Crippen molar-refractivity contribution in [1.29, 1.82) is 0 Å². The topological polar surface area (TPSA) is 58.9 Å². The van der Waals surface area contributed by atoms with Gasteiger partial charge in [0.25, 0.3) is 5.91 Å². The van der Waals surface area contributed by atoms with E-state index >= 15 is 0 Å². The standard InChI is InChI=1S/C22H24N4O2/c1-15-5-6-21-24-19(13-25(21)10-15)14-28-20-4-2-3-16(7-20)22(27)26-11-17-8-23-9-18(17)12-26/h2-7,10,13,17-18,23H,8-9,11-12,14H2,1H3/t17-,18+. The summed E-state index contributed by atoms with van der Waals surface area (Å²) in [6.45, 7) is 6.18. The number of nitrogens with one attached hydrogen (secondary N) is 1. The lowest BCUT2D eigenvalue weighted by Gasteiger charge is -2.18. The van der Waals surface area contributed by atoms with Gasteiger partial charge in [-0.05, 0) is 48.6 Å². The van der Waals surface area contributed by atoms with Gasteiger partial charge in [0.15, 0.2) is 0 Å². The number of pyridine rings is 1. The van der Waals surface area contributed by atoms with E-state index in [1.807, 2.05) is 58.1 Å². The van der Waals surface area contributed by atoms with Crippen molar-refractivity contribution >= 4 is 11.6 Å². The summed E-state index contributed by atoms with van der Waals surface area (Å²) in [5, 5.41) is 3.41. The SMILES string of the molecule is Cc1ccc2nc(COc3cccc(C(=O)N4C[C@H]5CNC[C@H]5C4)c3)cn2c1. The number of aromatic nitrogens is 2. The van der Waals surface area contributed by atoms with E-state index in [1.165, 1.54) is 5.56 Å². The Bertz CT molecular complexity index is 1020. The number of rotatable bonds is 4. The molecule has 2 aliphatic heterocycles. The molecule has 2 fully saturated rings. The van der Waals surface area contributed by atoms with Crippen LogP contribution in [0.15, 0.2) is 48.8 Å². The number of hydrogen-bond acceptors (Lipinski definition) is 4. The minimum atomic E-state index is 0.100. The number of hydrogen-bond donors (Lipinski definition) is 1. The van der Waals surface area contributed by atoms with Gasteiger partial charge >= 0.3 is 0 Å². The first kappa shape index (κ1) is 17.3. The molecule has 4 heterocycles. The molecule has 0 spiro atoms. The predicted octanol–water partition coefficient (Wildman–Crippen LogP) is 2.51. The number of likely N-dealkylation sites (tertiary alicyclic amines) is 1. The van der Waals surface area contributed by atoms with E-state index in [0.717, 1.165) is 37.5 Å². The van der Waals surface area contributed by atoms with Crippen LogP contribution in [0.25, 0.3) is 5.65 Å². The Kier molecular flexibility index (Phi) is 4.28. The zero-order valence-corrected chi connectivity index (χ0v) is 16.0. The number of imidazole rings is 1. The Morgan fingerprint density at radius 3 is 2.82 bits per heavy atom. The summed E-state index contributed by atoms with van der Waals surface area (Å²) in [7, 11) is 0. The maximum Gasteiger partial charge on any atom is 0.254 e. The van der Waals surface area contributed by atoms with Crippen LogP contribution in [0.4, 0.5) is 0 Å². The summed E-state index contributed by atoms with van der Waals surface area (Å²) in [5.74, 6) is 1.99. The molecule has 0 unspecified atom stereocenters. The number of ether oxygens (including phenoxy) is 1. The van der Waals surface area contributed by atoms with Crippen LogP contribution in [-0.4, -0.2) is 46.4 Å². The van der Waals surface area contributed by atoms with Crippen molar-refractivity contribution < 1.29 is 9.53 Å². The monoisotopic (exact) mass is 376 g/mol. The van der Waals surface area contributed by atoms with E-state index in [4.69, 9.17) is 4.74 Å². The Hall–Kier alpha value is -2.86. The third kappa shape index (κ3) is 3.24. The molecule has 5 rings (SSSR count). The molecule has 144 valence electrons. The van der Waals surface area contributed by atoms with Crippen molar-refractivity contribution in [3.63, 3.8) is 0 Å². The molecule has 0 saturated carbocycles. The van der Waals surface area contributed by atoms with Crippen molar-refractivity contribution in [2.45, 2.75) is 13.5 Å². The van der Waals surface area contributed by atoms with Crippen molar-refractivity contribution in [2.75, 3.05) is 26.2 Å². The van der Waals surface area contributed by atoms with E-state index in [-0.39, 0.29) is 5.91 Å². The van der Waals surface area contributed by atoms with Gasteiger partial charge in [0.1, 0.15) is 18.0 Å². The maximum absolute atomic E-state index is 12.9. The average molecular weight is 376 g/mol. The highest BCUT2D eigenvalue weighted by atomic mass is 16.5. The summed E-state index contributed by atoms with van der Waals surface area (Å²) < 4.78 is 7.93. The second kappa shape index (κ2) is 6.95. The van der Waals surface area contributed by atoms with Crippen molar-refractivity contribution in [1.82, 2.24) is 19.6 Å². The fourth-order valence-corrected chi connectivity index (χ4v) is 4.31. The number of amides is 1. The molecule has 0 aliphatic carbocycles. The second-order valence-corrected chi connectivity index (χ2v) is 7.91. The normalized spacial score (nSPS) is 21.2. The highest BCUT2D eigenvalue weighted by Gasteiger charge is 2.38. The first-order valence-corrected chi connectivity index (χ1v) is 9.83. The van der Waals surface area contributed by atoms with Gasteiger partial charge in [-0.2, -0.15) is 0 Å². The van der Waals surface area contributed by atoms with E-state index in [1.54, 1.807) is 0 Å². The molecule has 1 aromatic carbocycles. The average Bonchev–Trinajstić information content (AvgIpc) is 3.40. The molecule has 1 N–H and O–H groups in total. The Morgan fingerprint density at radius 1 is 1.18 bits per heavy atom. The van der Waals surface area contributed by atoms with Crippen LogP contribution in [0.1, 0.15) is 21.6 Å². The van der Waals surface area contributed by atoms with Crippen molar-refractivity contribution in [2.24, 2.45) is 11.8 Å². The first-order chi connectivity index (χ1) is 13.7. The van der Waals surface area contributed by atoms with E-state index in [0.29, 0.717) is 29.8 Å². The van der Waals surface area contributed by atoms with Crippen molar-refractivity contribution in [3.8, 4) is 5.75 Å². The summed E-state index contributed by atoms with van der Waals surface area (Å²) in [6.07, 6.45) is 4.03. The van der Waals surface area contributed by atoms with Gasteiger partial charge in [-0.15, -0.1) is 0 Å². The van der Waals surface area contributed by atoms with Gasteiger partial charge in [-0.3, -0.25) is 4.79 Å². The largest absolute Gasteiger partial charge is 0.487 e. The summed E-state index contributed by atoms with van der Waals surface area (Å²) in [4.78, 5) is 19.5. The van der Waals surface area contributed by atoms with Crippen LogP contribution >= 0.6 is 0 Å². The third-order valence-corrected chi connectivity index (χ3v) is 5.79. The summed E-state index contributed by atoms with van der Waals surface area (Å²) in [5.41, 5.74) is 3.64. The zero-order valence-electron chi connectivity index (χ0n) is 16.0. The van der Waals surface area contributed by atoms with E-state index in [9.17, 15) is 4.79 Å². The molecule has 2 atom stereocenters. The lowest BCUT2D eigenvalue weighted by atomic mass is 10.0. The summed E-state index contributed by atoms with van der Waals surface area (Å²) in [6, 6.07) is 11.5. The maximum atomic E-state index is 12.9. The van der Waals surface area contributed by atoms with Crippen LogP contribution in [0.2, 0.25) is 0 Å². The molecular weight excluding hydrogens is 352 g/mol. The Morgan fingerprint density at radius 2 is 2.00 bits per heavy atom. The highest BCUT2D eigenvalue weighted by Crippen LogP contribution is 2.28. The van der Waals surface area contributed by atoms with E-state index in [2.05, 4.69) is 17.2 Å². The molecule has 2 aromatic heterocycles. The number of carbonyl (C=O) groups is 1. The Labute approximate surface area is 164 Å². The molecule has 0 radical (unpaired) electrons. The third-order valence-electron chi connectivity index (χ3n) is 5.79. The summed E-state index contributed by atoms with van der Waals surface area (Å²) >= 11 is 0. The molecule has 2 aliphatic rings. The number of fused-ring (bicyclic) bond motifs is 2. The number of carbonyl (C=O) groups excluding carboxylic acids is 1. The van der Waals surface area contributed by atoms with Gasteiger partial charge in [0.2, 0.25) is 0 Å². The second-order valence-electron chi connectivity index (χ2n) is 7.91. The molecule has 6 heteroatoms. The fourth-order valence-electron chi connectivity index (χ4n) is 4.31. The van der Waals surface area contributed by atoms with Gasteiger partial charge < -0.3 is 19.4 Å². The molecule has 1 amide bonds. The minimum Gasteiger partial charge on any atom is -0.487 e. The minimum absolute atomic E-state index is 0.100. The number of aryl methyl sites for hydroxylation is 1. The smallest absolute Gasteiger partial charge is 0.254 e.